The fraction of sp³-hybridized carbons (Fsp3) is 0.200. The SMILES string of the molecule is Fc1ccc2cc(C3=NC4(CC4)Cc4c(Br)cccc43)cnc2c1F. The normalized spacial score (nSPS) is 17.5. The molecular formula is C20H13BrF2N2. The van der Waals surface area contributed by atoms with Crippen molar-refractivity contribution in [1.82, 2.24) is 4.98 Å². The van der Waals surface area contributed by atoms with Crippen LogP contribution in [0.5, 0.6) is 0 Å². The number of aliphatic imine (C=N–C) groups is 1. The Bertz CT molecular complexity index is 1070. The fourth-order valence-electron chi connectivity index (χ4n) is 3.55. The third-order valence-corrected chi connectivity index (χ3v) is 5.82. The van der Waals surface area contributed by atoms with Gasteiger partial charge in [0.15, 0.2) is 11.6 Å². The summed E-state index contributed by atoms with van der Waals surface area (Å²) >= 11 is 3.66. The molecule has 5 rings (SSSR count). The Morgan fingerprint density at radius 1 is 1.08 bits per heavy atom. The van der Waals surface area contributed by atoms with Gasteiger partial charge in [0.05, 0.1) is 11.3 Å². The van der Waals surface area contributed by atoms with Crippen LogP contribution in [-0.4, -0.2) is 16.2 Å². The number of hydrogen-bond donors (Lipinski definition) is 0. The molecular weight excluding hydrogens is 386 g/mol. The van der Waals surface area contributed by atoms with Crippen molar-refractivity contribution in [2.24, 2.45) is 4.99 Å². The zero-order valence-electron chi connectivity index (χ0n) is 13.2. The van der Waals surface area contributed by atoms with Crippen LogP contribution in [0.15, 0.2) is 52.1 Å². The molecule has 124 valence electrons. The zero-order chi connectivity index (χ0) is 17.2. The smallest absolute Gasteiger partial charge is 0.184 e. The van der Waals surface area contributed by atoms with Gasteiger partial charge in [0, 0.05) is 27.2 Å². The first-order valence-corrected chi connectivity index (χ1v) is 8.97. The van der Waals surface area contributed by atoms with Crippen LogP contribution < -0.4 is 0 Å². The van der Waals surface area contributed by atoms with E-state index in [-0.39, 0.29) is 11.1 Å². The van der Waals surface area contributed by atoms with Crippen molar-refractivity contribution in [1.29, 1.82) is 0 Å². The molecule has 0 bridgehead atoms. The Morgan fingerprint density at radius 3 is 2.72 bits per heavy atom. The summed E-state index contributed by atoms with van der Waals surface area (Å²) in [5.41, 5.74) is 4.11. The summed E-state index contributed by atoms with van der Waals surface area (Å²) in [6.07, 6.45) is 4.69. The molecule has 1 aromatic heterocycles. The van der Waals surface area contributed by atoms with E-state index in [9.17, 15) is 8.78 Å². The molecule has 1 fully saturated rings. The molecule has 2 nitrogen and oxygen atoms in total. The summed E-state index contributed by atoms with van der Waals surface area (Å²) in [5.74, 6) is -1.79. The minimum Gasteiger partial charge on any atom is -0.277 e. The van der Waals surface area contributed by atoms with Gasteiger partial charge in [-0.2, -0.15) is 0 Å². The minimum atomic E-state index is -0.906. The lowest BCUT2D eigenvalue weighted by Gasteiger charge is -2.24. The molecule has 25 heavy (non-hydrogen) atoms. The van der Waals surface area contributed by atoms with Gasteiger partial charge in [-0.15, -0.1) is 0 Å². The van der Waals surface area contributed by atoms with E-state index in [0.717, 1.165) is 46.6 Å². The van der Waals surface area contributed by atoms with Gasteiger partial charge in [-0.25, -0.2) is 8.78 Å². The Labute approximate surface area is 151 Å². The number of benzene rings is 2. The van der Waals surface area contributed by atoms with E-state index in [1.165, 1.54) is 5.56 Å². The van der Waals surface area contributed by atoms with Crippen molar-refractivity contribution >= 4 is 32.5 Å². The highest BCUT2D eigenvalue weighted by Gasteiger charge is 2.46. The van der Waals surface area contributed by atoms with Crippen molar-refractivity contribution in [3.63, 3.8) is 0 Å². The molecule has 1 aliphatic carbocycles. The standard InChI is InChI=1S/C20H13BrF2N2/c21-15-3-1-2-13-14(15)9-20(6-7-20)25-18(13)12-8-11-4-5-16(22)17(23)19(11)24-10-12/h1-5,8,10H,6-7,9H2. The Morgan fingerprint density at radius 2 is 1.92 bits per heavy atom. The number of halogens is 3. The molecule has 1 saturated carbocycles. The van der Waals surface area contributed by atoms with E-state index in [1.54, 1.807) is 12.3 Å². The third-order valence-electron chi connectivity index (χ3n) is 5.07. The summed E-state index contributed by atoms with van der Waals surface area (Å²) in [5, 5.41) is 0.575. The molecule has 0 N–H and O–H groups in total. The van der Waals surface area contributed by atoms with E-state index in [0.29, 0.717) is 5.39 Å². The van der Waals surface area contributed by atoms with Crippen LogP contribution >= 0.6 is 15.9 Å². The number of rotatable bonds is 1. The molecule has 3 aromatic rings. The first-order chi connectivity index (χ1) is 12.1. The van der Waals surface area contributed by atoms with Crippen LogP contribution in [0.25, 0.3) is 10.9 Å². The van der Waals surface area contributed by atoms with E-state index in [4.69, 9.17) is 4.99 Å². The van der Waals surface area contributed by atoms with Crippen LogP contribution in [0.4, 0.5) is 8.78 Å². The first-order valence-electron chi connectivity index (χ1n) is 8.18. The molecule has 5 heteroatoms. The van der Waals surface area contributed by atoms with Crippen molar-refractivity contribution in [3.8, 4) is 0 Å². The molecule has 0 saturated heterocycles. The molecule has 0 radical (unpaired) electrons. The third kappa shape index (κ3) is 2.33. The maximum atomic E-state index is 13.9. The van der Waals surface area contributed by atoms with Gasteiger partial charge in [0.2, 0.25) is 0 Å². The van der Waals surface area contributed by atoms with Crippen molar-refractivity contribution in [2.45, 2.75) is 24.8 Å². The summed E-state index contributed by atoms with van der Waals surface area (Å²) in [6, 6.07) is 10.6. The summed E-state index contributed by atoms with van der Waals surface area (Å²) < 4.78 is 28.4. The monoisotopic (exact) mass is 398 g/mol. The van der Waals surface area contributed by atoms with Gasteiger partial charge < -0.3 is 0 Å². The summed E-state index contributed by atoms with van der Waals surface area (Å²) in [6.45, 7) is 0. The van der Waals surface area contributed by atoms with Crippen LogP contribution in [0.1, 0.15) is 29.5 Å². The topological polar surface area (TPSA) is 25.2 Å². The zero-order valence-corrected chi connectivity index (χ0v) is 14.8. The summed E-state index contributed by atoms with van der Waals surface area (Å²) in [4.78, 5) is 9.19. The highest BCUT2D eigenvalue weighted by atomic mass is 79.9. The number of hydrogen-bond acceptors (Lipinski definition) is 2. The van der Waals surface area contributed by atoms with E-state index >= 15 is 0 Å². The van der Waals surface area contributed by atoms with E-state index in [1.807, 2.05) is 12.1 Å². The minimum absolute atomic E-state index is 0.00475. The Balaban J connectivity index is 1.73. The molecule has 1 spiro atoms. The van der Waals surface area contributed by atoms with Gasteiger partial charge in [0.1, 0.15) is 5.52 Å². The number of pyridine rings is 1. The average Bonchev–Trinajstić information content (AvgIpc) is 3.37. The van der Waals surface area contributed by atoms with Gasteiger partial charge in [-0.1, -0.05) is 28.1 Å². The Kier molecular flexibility index (Phi) is 3.14. The lowest BCUT2D eigenvalue weighted by atomic mass is 9.89. The second-order valence-electron chi connectivity index (χ2n) is 6.78. The summed E-state index contributed by atoms with van der Waals surface area (Å²) in [7, 11) is 0. The first kappa shape index (κ1) is 15.1. The highest BCUT2D eigenvalue weighted by molar-refractivity contribution is 9.10. The lowest BCUT2D eigenvalue weighted by Crippen LogP contribution is -2.23. The van der Waals surface area contributed by atoms with Gasteiger partial charge in [-0.05, 0) is 49.1 Å². The number of nitrogens with zero attached hydrogens (tertiary/aromatic N) is 2. The molecule has 2 aromatic carbocycles. The molecule has 2 heterocycles. The van der Waals surface area contributed by atoms with E-state index in [2.05, 4.69) is 33.0 Å². The van der Waals surface area contributed by atoms with Crippen LogP contribution in [0.2, 0.25) is 0 Å². The number of fused-ring (bicyclic) bond motifs is 2. The molecule has 1 aliphatic heterocycles. The maximum Gasteiger partial charge on any atom is 0.184 e. The van der Waals surface area contributed by atoms with E-state index < -0.39 is 11.6 Å². The molecule has 0 unspecified atom stereocenters. The van der Waals surface area contributed by atoms with Gasteiger partial charge in [0.25, 0.3) is 0 Å². The largest absolute Gasteiger partial charge is 0.277 e. The second kappa shape index (κ2) is 5.18. The van der Waals surface area contributed by atoms with Gasteiger partial charge >= 0.3 is 0 Å². The predicted octanol–water partition coefficient (Wildman–Crippen LogP) is 5.20. The molecule has 2 aliphatic rings. The average molecular weight is 399 g/mol. The highest BCUT2D eigenvalue weighted by Crippen LogP contribution is 2.48. The van der Waals surface area contributed by atoms with Crippen LogP contribution in [0, 0.1) is 11.6 Å². The maximum absolute atomic E-state index is 13.9. The molecule has 0 amide bonds. The molecule has 0 atom stereocenters. The van der Waals surface area contributed by atoms with Crippen molar-refractivity contribution in [2.75, 3.05) is 0 Å². The van der Waals surface area contributed by atoms with Crippen LogP contribution in [0.3, 0.4) is 0 Å². The Hall–Kier alpha value is -2.14. The lowest BCUT2D eigenvalue weighted by molar-refractivity contribution is 0.515. The predicted molar refractivity (Wildman–Crippen MR) is 97.1 cm³/mol. The second-order valence-corrected chi connectivity index (χ2v) is 7.64. The van der Waals surface area contributed by atoms with Crippen LogP contribution in [-0.2, 0) is 6.42 Å². The quantitative estimate of drug-likeness (QED) is 0.552. The number of aromatic nitrogens is 1. The van der Waals surface area contributed by atoms with Crippen molar-refractivity contribution in [3.05, 3.63) is 75.4 Å². The fourth-order valence-corrected chi connectivity index (χ4v) is 4.06. The van der Waals surface area contributed by atoms with Gasteiger partial charge in [-0.3, -0.25) is 9.98 Å². The van der Waals surface area contributed by atoms with Crippen molar-refractivity contribution < 1.29 is 8.78 Å².